The van der Waals surface area contributed by atoms with E-state index in [1.807, 2.05) is 21.8 Å². The molecule has 1 aromatic carbocycles. The zero-order valence-corrected chi connectivity index (χ0v) is 15.3. The third-order valence-corrected chi connectivity index (χ3v) is 5.74. The molecule has 1 unspecified atom stereocenters. The smallest absolute Gasteiger partial charge is 0.274 e. The molecule has 2 aliphatic heterocycles. The van der Waals surface area contributed by atoms with Gasteiger partial charge in [0.25, 0.3) is 5.91 Å². The molecule has 4 rings (SSSR count). The number of likely N-dealkylation sites (tertiary alicyclic amines) is 1. The maximum atomic E-state index is 12.8. The highest BCUT2D eigenvalue weighted by Gasteiger charge is 2.26. The zero-order valence-electron chi connectivity index (χ0n) is 15.3. The molecule has 0 radical (unpaired) electrons. The van der Waals surface area contributed by atoms with Gasteiger partial charge in [-0.2, -0.15) is 5.10 Å². The summed E-state index contributed by atoms with van der Waals surface area (Å²) in [5.41, 5.74) is 1.99. The van der Waals surface area contributed by atoms with Gasteiger partial charge in [0.15, 0.2) is 0 Å². The van der Waals surface area contributed by atoms with Gasteiger partial charge in [0, 0.05) is 25.8 Å². The Bertz CT molecular complexity index is 713. The number of aromatic nitrogens is 2. The molecule has 5 nitrogen and oxygen atoms in total. The first-order valence-corrected chi connectivity index (χ1v) is 9.88. The molecule has 5 heteroatoms. The van der Waals surface area contributed by atoms with Gasteiger partial charge < -0.3 is 10.2 Å². The first-order valence-electron chi connectivity index (χ1n) is 9.88. The van der Waals surface area contributed by atoms with Crippen molar-refractivity contribution in [3.05, 3.63) is 53.9 Å². The third kappa shape index (κ3) is 3.98. The number of rotatable bonds is 4. The molecular formula is C21H28N4O. The van der Waals surface area contributed by atoms with E-state index in [9.17, 15) is 4.79 Å². The summed E-state index contributed by atoms with van der Waals surface area (Å²) in [5.74, 6) is 0.762. The van der Waals surface area contributed by atoms with Crippen molar-refractivity contribution < 1.29 is 4.79 Å². The van der Waals surface area contributed by atoms with Crippen molar-refractivity contribution in [1.29, 1.82) is 0 Å². The SMILES string of the molecule is O=C(c1ccn(C2CCCNC2)n1)N1CCC(Cc2ccccc2)CC1. The predicted octanol–water partition coefficient (Wildman–Crippen LogP) is 2.90. The van der Waals surface area contributed by atoms with E-state index in [1.165, 1.54) is 12.0 Å². The van der Waals surface area contributed by atoms with Crippen molar-refractivity contribution in [2.75, 3.05) is 26.2 Å². The average Bonchev–Trinajstić information content (AvgIpc) is 3.20. The van der Waals surface area contributed by atoms with Crippen molar-refractivity contribution >= 4 is 5.91 Å². The van der Waals surface area contributed by atoms with Gasteiger partial charge in [0.05, 0.1) is 6.04 Å². The van der Waals surface area contributed by atoms with Crippen LogP contribution in [0.2, 0.25) is 0 Å². The second-order valence-corrected chi connectivity index (χ2v) is 7.61. The number of amides is 1. The van der Waals surface area contributed by atoms with Gasteiger partial charge in [-0.3, -0.25) is 9.48 Å². The Morgan fingerprint density at radius 2 is 1.92 bits per heavy atom. The molecule has 2 aliphatic rings. The minimum Gasteiger partial charge on any atom is -0.337 e. The Morgan fingerprint density at radius 1 is 1.12 bits per heavy atom. The number of nitrogens with one attached hydrogen (secondary N) is 1. The topological polar surface area (TPSA) is 50.2 Å². The number of benzene rings is 1. The van der Waals surface area contributed by atoms with Crippen LogP contribution in [0.5, 0.6) is 0 Å². The Kier molecular flexibility index (Phi) is 5.34. The molecule has 2 aromatic rings. The molecule has 1 aromatic heterocycles. The van der Waals surface area contributed by atoms with Crippen LogP contribution in [0.3, 0.4) is 0 Å². The van der Waals surface area contributed by atoms with Crippen LogP contribution in [0.1, 0.15) is 47.8 Å². The lowest BCUT2D eigenvalue weighted by atomic mass is 9.90. The van der Waals surface area contributed by atoms with Crippen molar-refractivity contribution in [2.24, 2.45) is 5.92 Å². The second-order valence-electron chi connectivity index (χ2n) is 7.61. The quantitative estimate of drug-likeness (QED) is 0.920. The van der Waals surface area contributed by atoms with Crippen LogP contribution in [-0.2, 0) is 6.42 Å². The lowest BCUT2D eigenvalue weighted by molar-refractivity contribution is 0.0683. The van der Waals surface area contributed by atoms with Crippen molar-refractivity contribution in [1.82, 2.24) is 20.0 Å². The van der Waals surface area contributed by atoms with Gasteiger partial charge >= 0.3 is 0 Å². The van der Waals surface area contributed by atoms with Crippen LogP contribution in [0.25, 0.3) is 0 Å². The molecule has 0 bridgehead atoms. The maximum Gasteiger partial charge on any atom is 0.274 e. The number of carbonyl (C=O) groups excluding carboxylic acids is 1. The highest BCUT2D eigenvalue weighted by atomic mass is 16.2. The van der Waals surface area contributed by atoms with Gasteiger partial charge in [-0.05, 0) is 56.2 Å². The number of hydrogen-bond donors (Lipinski definition) is 1. The number of nitrogens with zero attached hydrogens (tertiary/aromatic N) is 3. The van der Waals surface area contributed by atoms with Gasteiger partial charge in [0.1, 0.15) is 5.69 Å². The summed E-state index contributed by atoms with van der Waals surface area (Å²) in [4.78, 5) is 14.8. The molecule has 3 heterocycles. The van der Waals surface area contributed by atoms with E-state index in [2.05, 4.69) is 40.7 Å². The first kappa shape index (κ1) is 17.3. The van der Waals surface area contributed by atoms with E-state index in [0.717, 1.165) is 51.9 Å². The Hall–Kier alpha value is -2.14. The maximum absolute atomic E-state index is 12.8. The summed E-state index contributed by atoms with van der Waals surface area (Å²) in [5, 5.41) is 7.99. The monoisotopic (exact) mass is 352 g/mol. The highest BCUT2D eigenvalue weighted by Crippen LogP contribution is 2.23. The minimum atomic E-state index is 0.0886. The van der Waals surface area contributed by atoms with E-state index in [1.54, 1.807) is 0 Å². The molecule has 0 spiro atoms. The van der Waals surface area contributed by atoms with E-state index in [0.29, 0.717) is 17.7 Å². The van der Waals surface area contributed by atoms with Crippen LogP contribution in [0, 0.1) is 5.92 Å². The largest absolute Gasteiger partial charge is 0.337 e. The third-order valence-electron chi connectivity index (χ3n) is 5.74. The molecule has 1 atom stereocenters. The highest BCUT2D eigenvalue weighted by molar-refractivity contribution is 5.92. The molecule has 0 aliphatic carbocycles. The molecule has 0 saturated carbocycles. The standard InChI is InChI=1S/C21H28N4O/c26-21(20-10-14-25(23-20)19-7-4-11-22-16-19)24-12-8-18(9-13-24)15-17-5-2-1-3-6-17/h1-3,5-6,10,14,18-19,22H,4,7-9,11-13,15-16H2. The molecule has 1 N–H and O–H groups in total. The van der Waals surface area contributed by atoms with Gasteiger partial charge in [0.2, 0.25) is 0 Å². The van der Waals surface area contributed by atoms with Crippen molar-refractivity contribution in [2.45, 2.75) is 38.1 Å². The second kappa shape index (κ2) is 8.04. The molecular weight excluding hydrogens is 324 g/mol. The average molecular weight is 352 g/mol. The summed E-state index contributed by atoms with van der Waals surface area (Å²) in [6.07, 6.45) is 7.54. The van der Waals surface area contributed by atoms with Gasteiger partial charge in [-0.15, -0.1) is 0 Å². The van der Waals surface area contributed by atoms with Crippen molar-refractivity contribution in [3.8, 4) is 0 Å². The number of hydrogen-bond acceptors (Lipinski definition) is 3. The molecule has 1 amide bonds. The lowest BCUT2D eigenvalue weighted by Crippen LogP contribution is -2.39. The summed E-state index contributed by atoms with van der Waals surface area (Å²) in [7, 11) is 0. The number of piperidine rings is 2. The van der Waals surface area contributed by atoms with E-state index in [4.69, 9.17) is 0 Å². The van der Waals surface area contributed by atoms with E-state index in [-0.39, 0.29) is 5.91 Å². The minimum absolute atomic E-state index is 0.0886. The Balaban J connectivity index is 1.31. The van der Waals surface area contributed by atoms with Crippen LogP contribution in [-0.4, -0.2) is 46.8 Å². The van der Waals surface area contributed by atoms with Gasteiger partial charge in [-0.1, -0.05) is 30.3 Å². The fraction of sp³-hybridized carbons (Fsp3) is 0.524. The first-order chi connectivity index (χ1) is 12.8. The Morgan fingerprint density at radius 3 is 2.65 bits per heavy atom. The zero-order chi connectivity index (χ0) is 17.8. The number of carbonyl (C=O) groups is 1. The fourth-order valence-corrected chi connectivity index (χ4v) is 4.16. The van der Waals surface area contributed by atoms with Crippen LogP contribution in [0.15, 0.2) is 42.6 Å². The summed E-state index contributed by atoms with van der Waals surface area (Å²) in [6.45, 7) is 3.71. The molecule has 2 fully saturated rings. The molecule has 138 valence electrons. The fourth-order valence-electron chi connectivity index (χ4n) is 4.16. The predicted molar refractivity (Wildman–Crippen MR) is 102 cm³/mol. The molecule has 26 heavy (non-hydrogen) atoms. The molecule has 2 saturated heterocycles. The normalized spacial score (nSPS) is 21.7. The van der Waals surface area contributed by atoms with E-state index < -0.39 is 0 Å². The summed E-state index contributed by atoms with van der Waals surface area (Å²) < 4.78 is 1.97. The van der Waals surface area contributed by atoms with Crippen LogP contribution < -0.4 is 5.32 Å². The van der Waals surface area contributed by atoms with Crippen LogP contribution in [0.4, 0.5) is 0 Å². The summed E-state index contributed by atoms with van der Waals surface area (Å²) in [6, 6.07) is 12.9. The van der Waals surface area contributed by atoms with Crippen molar-refractivity contribution in [3.63, 3.8) is 0 Å². The Labute approximate surface area is 155 Å². The lowest BCUT2D eigenvalue weighted by Gasteiger charge is -2.31. The van der Waals surface area contributed by atoms with E-state index >= 15 is 0 Å². The van der Waals surface area contributed by atoms with Gasteiger partial charge in [-0.25, -0.2) is 0 Å². The summed E-state index contributed by atoms with van der Waals surface area (Å²) >= 11 is 0. The van der Waals surface area contributed by atoms with Crippen LogP contribution >= 0.6 is 0 Å².